The molecule has 0 spiro atoms. The van der Waals surface area contributed by atoms with Gasteiger partial charge in [-0.15, -0.1) is 0 Å². The van der Waals surface area contributed by atoms with Crippen LogP contribution in [0, 0.1) is 5.92 Å². The molecule has 1 saturated heterocycles. The second kappa shape index (κ2) is 9.09. The lowest BCUT2D eigenvalue weighted by Crippen LogP contribution is -2.41. The molecule has 9 nitrogen and oxygen atoms in total. The highest BCUT2D eigenvalue weighted by molar-refractivity contribution is 9.10. The number of nitrogens with one attached hydrogen (secondary N) is 1. The first-order chi connectivity index (χ1) is 14.5. The summed E-state index contributed by atoms with van der Waals surface area (Å²) in [4.78, 5) is 21.7. The molecular weight excluding hydrogens is 486 g/mol. The van der Waals surface area contributed by atoms with Crippen LogP contribution in [0.2, 0.25) is 0 Å². The smallest absolute Gasteiger partial charge is 0.407 e. The Morgan fingerprint density at radius 3 is 2.65 bits per heavy atom. The number of aromatic nitrogens is 2. The molecule has 2 atom stereocenters. The van der Waals surface area contributed by atoms with Gasteiger partial charge < -0.3 is 15.3 Å². The highest BCUT2D eigenvalue weighted by Crippen LogP contribution is 2.36. The number of amides is 1. The average Bonchev–Trinajstić information content (AvgIpc) is 2.99. The molecular formula is C20H26BrN5O4S. The fourth-order valence-corrected chi connectivity index (χ4v) is 4.91. The number of halogens is 1. The maximum Gasteiger partial charge on any atom is 0.407 e. The van der Waals surface area contributed by atoms with Crippen molar-refractivity contribution in [1.29, 1.82) is 0 Å². The molecule has 0 radical (unpaired) electrons. The van der Waals surface area contributed by atoms with E-state index in [0.717, 1.165) is 18.5 Å². The van der Waals surface area contributed by atoms with Crippen molar-refractivity contribution in [2.45, 2.75) is 49.7 Å². The van der Waals surface area contributed by atoms with Gasteiger partial charge in [-0.25, -0.2) is 28.3 Å². The molecule has 3 rings (SSSR count). The number of pyridine rings is 2. The van der Waals surface area contributed by atoms with Crippen molar-refractivity contribution in [2.24, 2.45) is 11.1 Å². The van der Waals surface area contributed by atoms with E-state index in [9.17, 15) is 18.3 Å². The molecule has 11 heteroatoms. The number of anilines is 1. The Kier molecular flexibility index (Phi) is 6.87. The zero-order chi connectivity index (χ0) is 22.8. The maximum absolute atomic E-state index is 11.6. The average molecular weight is 512 g/mol. The van der Waals surface area contributed by atoms with Gasteiger partial charge in [0, 0.05) is 12.1 Å². The highest BCUT2D eigenvalue weighted by Gasteiger charge is 2.41. The monoisotopic (exact) mass is 511 g/mol. The van der Waals surface area contributed by atoms with Gasteiger partial charge in [0.2, 0.25) is 0 Å². The Morgan fingerprint density at radius 2 is 2.03 bits per heavy atom. The SMILES string of the molecule is CC1(C)C[C@H](CCC(Nc2cccc(S(N)(=O)=O)n2)c2cccc(Br)n2)CN1C(=O)O. The molecule has 4 N–H and O–H groups in total. The van der Waals surface area contributed by atoms with Crippen LogP contribution >= 0.6 is 15.9 Å². The largest absolute Gasteiger partial charge is 0.465 e. The second-order valence-electron chi connectivity index (χ2n) is 8.34. The van der Waals surface area contributed by atoms with Crippen LogP contribution in [0.5, 0.6) is 0 Å². The fraction of sp³-hybridized carbons (Fsp3) is 0.450. The van der Waals surface area contributed by atoms with Crippen LogP contribution in [-0.4, -0.2) is 46.6 Å². The summed E-state index contributed by atoms with van der Waals surface area (Å²) in [6, 6.07) is 9.92. The van der Waals surface area contributed by atoms with Gasteiger partial charge in [-0.05, 0) is 79.2 Å². The van der Waals surface area contributed by atoms with Crippen molar-refractivity contribution in [3.8, 4) is 0 Å². The molecule has 0 saturated carbocycles. The molecule has 1 aliphatic rings. The molecule has 31 heavy (non-hydrogen) atoms. The molecule has 2 aromatic rings. The first-order valence-corrected chi connectivity index (χ1v) is 12.2. The number of carbonyl (C=O) groups is 1. The molecule has 0 aliphatic carbocycles. The lowest BCUT2D eigenvalue weighted by molar-refractivity contribution is 0.117. The van der Waals surface area contributed by atoms with Crippen molar-refractivity contribution >= 4 is 37.9 Å². The molecule has 3 heterocycles. The molecule has 0 bridgehead atoms. The number of nitrogens with zero attached hydrogens (tertiary/aromatic N) is 3. The molecule has 1 unspecified atom stereocenters. The van der Waals surface area contributed by atoms with E-state index in [1.165, 1.54) is 11.0 Å². The van der Waals surface area contributed by atoms with Gasteiger partial charge >= 0.3 is 6.09 Å². The van der Waals surface area contributed by atoms with Crippen LogP contribution in [0.25, 0.3) is 0 Å². The number of likely N-dealkylation sites (tertiary alicyclic amines) is 1. The van der Waals surface area contributed by atoms with Gasteiger partial charge in [-0.3, -0.25) is 0 Å². The van der Waals surface area contributed by atoms with Crippen LogP contribution in [0.3, 0.4) is 0 Å². The molecule has 0 aromatic carbocycles. The van der Waals surface area contributed by atoms with Crippen molar-refractivity contribution in [3.05, 3.63) is 46.7 Å². The lowest BCUT2D eigenvalue weighted by atomic mass is 9.91. The summed E-state index contributed by atoms with van der Waals surface area (Å²) < 4.78 is 24.0. The van der Waals surface area contributed by atoms with E-state index in [2.05, 4.69) is 31.2 Å². The van der Waals surface area contributed by atoms with Crippen LogP contribution < -0.4 is 10.5 Å². The van der Waals surface area contributed by atoms with Crippen molar-refractivity contribution in [2.75, 3.05) is 11.9 Å². The van der Waals surface area contributed by atoms with Crippen LogP contribution in [0.1, 0.15) is 44.8 Å². The number of carboxylic acid groups (broad SMARTS) is 1. The van der Waals surface area contributed by atoms with Crippen molar-refractivity contribution in [1.82, 2.24) is 14.9 Å². The van der Waals surface area contributed by atoms with E-state index in [-0.39, 0.29) is 17.0 Å². The summed E-state index contributed by atoms with van der Waals surface area (Å²) in [6.07, 6.45) is 1.31. The van der Waals surface area contributed by atoms with E-state index in [4.69, 9.17) is 5.14 Å². The Labute approximate surface area is 190 Å². The lowest BCUT2D eigenvalue weighted by Gasteiger charge is -2.28. The Balaban J connectivity index is 1.79. The van der Waals surface area contributed by atoms with Gasteiger partial charge in [0.15, 0.2) is 5.03 Å². The minimum Gasteiger partial charge on any atom is -0.465 e. The zero-order valence-electron chi connectivity index (χ0n) is 17.3. The summed E-state index contributed by atoms with van der Waals surface area (Å²) in [5, 5.41) is 17.7. The van der Waals surface area contributed by atoms with Gasteiger partial charge in [-0.1, -0.05) is 12.1 Å². The van der Waals surface area contributed by atoms with E-state index in [1.807, 2.05) is 32.0 Å². The summed E-state index contributed by atoms with van der Waals surface area (Å²) in [5.41, 5.74) is 0.364. The number of nitrogens with two attached hydrogens (primary N) is 1. The summed E-state index contributed by atoms with van der Waals surface area (Å²) in [7, 11) is -3.92. The van der Waals surface area contributed by atoms with Gasteiger partial charge in [0.25, 0.3) is 10.0 Å². The number of hydrogen-bond donors (Lipinski definition) is 3. The van der Waals surface area contributed by atoms with E-state index in [0.29, 0.717) is 23.4 Å². The Hall–Kier alpha value is -2.24. The zero-order valence-corrected chi connectivity index (χ0v) is 19.7. The minimum atomic E-state index is -3.92. The van der Waals surface area contributed by atoms with Gasteiger partial charge in [0.05, 0.1) is 11.7 Å². The summed E-state index contributed by atoms with van der Waals surface area (Å²) in [5.74, 6) is 0.587. The topological polar surface area (TPSA) is 139 Å². The molecule has 2 aromatic heterocycles. The van der Waals surface area contributed by atoms with Crippen molar-refractivity contribution < 1.29 is 18.3 Å². The Morgan fingerprint density at radius 1 is 1.32 bits per heavy atom. The van der Waals surface area contributed by atoms with Gasteiger partial charge in [-0.2, -0.15) is 0 Å². The third-order valence-corrected chi connectivity index (χ3v) is 6.74. The van der Waals surface area contributed by atoms with Gasteiger partial charge in [0.1, 0.15) is 10.4 Å². The fourth-order valence-electron chi connectivity index (χ4n) is 4.06. The third kappa shape index (κ3) is 5.92. The minimum absolute atomic E-state index is 0.214. The molecule has 1 aliphatic heterocycles. The highest BCUT2D eigenvalue weighted by atomic mass is 79.9. The molecule has 1 amide bonds. The van der Waals surface area contributed by atoms with Crippen LogP contribution in [0.15, 0.2) is 46.0 Å². The predicted octanol–water partition coefficient (Wildman–Crippen LogP) is 3.60. The number of rotatable bonds is 7. The predicted molar refractivity (Wildman–Crippen MR) is 120 cm³/mol. The second-order valence-corrected chi connectivity index (χ2v) is 10.7. The first kappa shape index (κ1) is 23.4. The Bertz CT molecular complexity index is 1060. The summed E-state index contributed by atoms with van der Waals surface area (Å²) in [6.45, 7) is 4.37. The standard InChI is InChI=1S/C20H26BrN5O4S/c1-20(2)11-13(12-26(20)19(27)28)9-10-15(14-5-3-6-16(21)23-14)24-17-7-4-8-18(25-17)31(22,29)30/h3-8,13,15H,9-12H2,1-2H3,(H,24,25)(H,27,28)(H2,22,29,30)/t13-,15?/m0/s1. The number of primary sulfonamides is 1. The first-order valence-electron chi connectivity index (χ1n) is 9.85. The summed E-state index contributed by atoms with van der Waals surface area (Å²) >= 11 is 3.39. The molecule has 1 fully saturated rings. The normalized spacial score (nSPS) is 19.2. The van der Waals surface area contributed by atoms with Crippen LogP contribution in [0.4, 0.5) is 10.6 Å². The third-order valence-electron chi connectivity index (χ3n) is 5.49. The van der Waals surface area contributed by atoms with E-state index < -0.39 is 21.7 Å². The van der Waals surface area contributed by atoms with Crippen molar-refractivity contribution in [3.63, 3.8) is 0 Å². The number of hydrogen-bond acceptors (Lipinski definition) is 6. The quantitative estimate of drug-likeness (QED) is 0.482. The number of sulfonamides is 1. The van der Waals surface area contributed by atoms with Crippen LogP contribution in [-0.2, 0) is 10.0 Å². The molecule has 168 valence electrons. The van der Waals surface area contributed by atoms with E-state index >= 15 is 0 Å². The maximum atomic E-state index is 11.6. The van der Waals surface area contributed by atoms with E-state index in [1.54, 1.807) is 12.1 Å².